The summed E-state index contributed by atoms with van der Waals surface area (Å²) in [5.74, 6) is -0.458. The molecule has 0 fully saturated rings. The lowest BCUT2D eigenvalue weighted by molar-refractivity contribution is 0.0693. The fraction of sp³-hybridized carbons (Fsp3) is 0.312. The summed E-state index contributed by atoms with van der Waals surface area (Å²) in [6.07, 6.45) is 0.560. The Bertz CT molecular complexity index is 718. The number of rotatable bonds is 8. The lowest BCUT2D eigenvalue weighted by atomic mass is 10.3. The number of carbonyl (C=O) groups is 2. The number of carbonyl (C=O) groups excluding carboxylic acids is 1. The van der Waals surface area contributed by atoms with Crippen LogP contribution in [0.25, 0.3) is 0 Å². The Kier molecular flexibility index (Phi) is 6.58. The molecule has 1 aromatic carbocycles. The number of para-hydroxylation sites is 1. The molecule has 25 heavy (non-hydrogen) atoms. The van der Waals surface area contributed by atoms with Gasteiger partial charge in [-0.1, -0.05) is 18.2 Å². The number of anilines is 1. The van der Waals surface area contributed by atoms with Crippen molar-refractivity contribution in [1.29, 1.82) is 0 Å². The number of hydrogen-bond donors (Lipinski definition) is 2. The van der Waals surface area contributed by atoms with E-state index in [9.17, 15) is 14.7 Å². The Hall–Kier alpha value is -2.81. The second kappa shape index (κ2) is 8.88. The molecule has 2 amide bonds. The smallest absolute Gasteiger partial charge is 0.344 e. The average molecular weight is 365 g/mol. The van der Waals surface area contributed by atoms with Crippen molar-refractivity contribution in [2.24, 2.45) is 0 Å². The first-order valence-corrected chi connectivity index (χ1v) is 8.28. The van der Waals surface area contributed by atoms with Crippen molar-refractivity contribution in [1.82, 2.24) is 9.27 Å². The molecule has 0 saturated carbocycles. The van der Waals surface area contributed by atoms with Gasteiger partial charge in [-0.25, -0.2) is 9.59 Å². The number of ether oxygens (including phenoxy) is 2. The van der Waals surface area contributed by atoms with E-state index in [-0.39, 0.29) is 23.1 Å². The molecule has 8 nitrogen and oxygen atoms in total. The van der Waals surface area contributed by atoms with Crippen LogP contribution in [-0.4, -0.2) is 53.7 Å². The summed E-state index contributed by atoms with van der Waals surface area (Å²) in [5.41, 5.74) is -0.149. The summed E-state index contributed by atoms with van der Waals surface area (Å²) in [7, 11) is 3.11. The van der Waals surface area contributed by atoms with Crippen molar-refractivity contribution >= 4 is 28.5 Å². The molecule has 0 aliphatic heterocycles. The second-order valence-corrected chi connectivity index (χ2v) is 5.96. The Labute approximate surface area is 149 Å². The highest BCUT2D eigenvalue weighted by Gasteiger charge is 2.23. The van der Waals surface area contributed by atoms with E-state index < -0.39 is 12.0 Å². The number of hydrogen-bond acceptors (Lipinski definition) is 6. The van der Waals surface area contributed by atoms with Gasteiger partial charge in [0.1, 0.15) is 10.8 Å². The number of aromatic carboxylic acids is 1. The molecule has 2 aromatic rings. The first-order chi connectivity index (χ1) is 12.0. The molecular formula is C16H19N3O5S. The van der Waals surface area contributed by atoms with E-state index in [0.29, 0.717) is 13.0 Å². The number of carboxylic acids is 1. The van der Waals surface area contributed by atoms with Crippen LogP contribution in [0.15, 0.2) is 30.3 Å². The fourth-order valence-corrected chi connectivity index (χ4v) is 2.51. The zero-order valence-electron chi connectivity index (χ0n) is 13.9. The van der Waals surface area contributed by atoms with Crippen molar-refractivity contribution in [2.45, 2.75) is 6.42 Å². The quantitative estimate of drug-likeness (QED) is 0.698. The molecule has 0 saturated heterocycles. The van der Waals surface area contributed by atoms with Crippen LogP contribution in [-0.2, 0) is 0 Å². The lowest BCUT2D eigenvalue weighted by Crippen LogP contribution is -2.27. The number of carboxylic acid groups (broad SMARTS) is 1. The third kappa shape index (κ3) is 5.35. The Morgan fingerprint density at radius 1 is 1.20 bits per heavy atom. The first kappa shape index (κ1) is 18.5. The third-order valence-electron chi connectivity index (χ3n) is 3.04. The number of aromatic nitrogens is 1. The number of urea groups is 1. The topological polar surface area (TPSA) is 101 Å². The highest BCUT2D eigenvalue weighted by atomic mass is 32.1. The maximum Gasteiger partial charge on any atom is 0.344 e. The summed E-state index contributed by atoms with van der Waals surface area (Å²) in [6, 6.07) is 8.92. The summed E-state index contributed by atoms with van der Waals surface area (Å²) in [5, 5.41) is 12.0. The minimum Gasteiger partial charge on any atom is -0.493 e. The van der Waals surface area contributed by atoms with Gasteiger partial charge < -0.3 is 19.5 Å². The van der Waals surface area contributed by atoms with E-state index in [4.69, 9.17) is 9.47 Å². The van der Waals surface area contributed by atoms with Gasteiger partial charge in [0.25, 0.3) is 0 Å². The van der Waals surface area contributed by atoms with E-state index in [1.165, 1.54) is 4.90 Å². The van der Waals surface area contributed by atoms with Gasteiger partial charge in [0.2, 0.25) is 5.88 Å². The molecule has 0 atom stereocenters. The van der Waals surface area contributed by atoms with E-state index in [0.717, 1.165) is 17.3 Å². The molecule has 134 valence electrons. The SMILES string of the molecule is CN(C)C(=O)Nc1snc(OCCCOc2ccccc2)c1C(=O)O. The van der Waals surface area contributed by atoms with Crippen molar-refractivity contribution in [2.75, 3.05) is 32.6 Å². The van der Waals surface area contributed by atoms with E-state index >= 15 is 0 Å². The number of amides is 2. The molecule has 0 radical (unpaired) electrons. The highest BCUT2D eigenvalue weighted by molar-refractivity contribution is 7.11. The van der Waals surface area contributed by atoms with Gasteiger partial charge >= 0.3 is 12.0 Å². The van der Waals surface area contributed by atoms with Gasteiger partial charge in [-0.05, 0) is 23.7 Å². The van der Waals surface area contributed by atoms with Crippen molar-refractivity contribution in [3.63, 3.8) is 0 Å². The van der Waals surface area contributed by atoms with Crippen LogP contribution in [0, 0.1) is 0 Å². The van der Waals surface area contributed by atoms with Crippen LogP contribution in [0.3, 0.4) is 0 Å². The Morgan fingerprint density at radius 3 is 2.52 bits per heavy atom. The predicted molar refractivity (Wildman–Crippen MR) is 93.8 cm³/mol. The van der Waals surface area contributed by atoms with Gasteiger partial charge in [0.05, 0.1) is 13.2 Å². The molecule has 0 aliphatic rings. The number of nitrogens with zero attached hydrogens (tertiary/aromatic N) is 2. The predicted octanol–water partition coefficient (Wildman–Crippen LogP) is 2.78. The standard InChI is InChI=1S/C16H19N3O5S/c1-19(2)16(22)17-14-12(15(20)21)13(18-25-14)24-10-6-9-23-11-7-4-3-5-8-11/h3-5,7-8H,6,9-10H2,1-2H3,(H,17,22)(H,20,21). The maximum absolute atomic E-state index is 11.7. The molecule has 0 aliphatic carbocycles. The van der Waals surface area contributed by atoms with Crippen molar-refractivity contribution in [3.05, 3.63) is 35.9 Å². The van der Waals surface area contributed by atoms with Crippen LogP contribution in [0.5, 0.6) is 11.6 Å². The fourth-order valence-electron chi connectivity index (χ4n) is 1.79. The van der Waals surface area contributed by atoms with E-state index in [1.54, 1.807) is 14.1 Å². The van der Waals surface area contributed by atoms with Crippen molar-refractivity contribution < 1.29 is 24.2 Å². The van der Waals surface area contributed by atoms with Gasteiger partial charge in [0, 0.05) is 20.5 Å². The summed E-state index contributed by atoms with van der Waals surface area (Å²) >= 11 is 0.865. The van der Waals surface area contributed by atoms with Gasteiger partial charge in [-0.15, -0.1) is 0 Å². The van der Waals surface area contributed by atoms with Crippen LogP contribution in [0.1, 0.15) is 16.8 Å². The van der Waals surface area contributed by atoms with Crippen LogP contribution < -0.4 is 14.8 Å². The van der Waals surface area contributed by atoms with Crippen LogP contribution in [0.4, 0.5) is 9.80 Å². The zero-order chi connectivity index (χ0) is 18.2. The molecule has 2 rings (SSSR count). The molecule has 0 bridgehead atoms. The number of nitrogens with one attached hydrogen (secondary N) is 1. The maximum atomic E-state index is 11.7. The van der Waals surface area contributed by atoms with Crippen LogP contribution in [0.2, 0.25) is 0 Å². The largest absolute Gasteiger partial charge is 0.493 e. The monoisotopic (exact) mass is 365 g/mol. The lowest BCUT2D eigenvalue weighted by Gasteiger charge is -2.11. The number of benzene rings is 1. The summed E-state index contributed by atoms with van der Waals surface area (Å²) < 4.78 is 14.9. The summed E-state index contributed by atoms with van der Waals surface area (Å²) in [4.78, 5) is 24.4. The minimum atomic E-state index is -1.21. The van der Waals surface area contributed by atoms with Crippen LogP contribution >= 0.6 is 11.5 Å². The normalized spacial score (nSPS) is 10.2. The molecule has 0 spiro atoms. The van der Waals surface area contributed by atoms with E-state index in [1.807, 2.05) is 30.3 Å². The van der Waals surface area contributed by atoms with Crippen molar-refractivity contribution in [3.8, 4) is 11.6 Å². The van der Waals surface area contributed by atoms with Gasteiger partial charge in [-0.2, -0.15) is 4.37 Å². The van der Waals surface area contributed by atoms with Gasteiger partial charge in [0.15, 0.2) is 5.56 Å². The molecular weight excluding hydrogens is 346 g/mol. The molecule has 9 heteroatoms. The minimum absolute atomic E-state index is 0.00809. The molecule has 1 aromatic heterocycles. The zero-order valence-corrected chi connectivity index (χ0v) is 14.7. The highest BCUT2D eigenvalue weighted by Crippen LogP contribution is 2.30. The van der Waals surface area contributed by atoms with Gasteiger partial charge in [-0.3, -0.25) is 5.32 Å². The Morgan fingerprint density at radius 2 is 1.88 bits per heavy atom. The summed E-state index contributed by atoms with van der Waals surface area (Å²) in [6.45, 7) is 0.679. The average Bonchev–Trinajstić information content (AvgIpc) is 2.98. The third-order valence-corrected chi connectivity index (χ3v) is 3.79. The second-order valence-electron chi connectivity index (χ2n) is 5.19. The molecule has 0 unspecified atom stereocenters. The first-order valence-electron chi connectivity index (χ1n) is 7.51. The molecule has 1 heterocycles. The Balaban J connectivity index is 1.88. The van der Waals surface area contributed by atoms with E-state index in [2.05, 4.69) is 9.69 Å². The molecule has 2 N–H and O–H groups in total.